The molecule has 1 amide bonds. The standard InChI is InChI=1S/C33H42N2O7/c1-4-6-7-16-41-27-11-8-23(21-28(27)40-5-2)30-29(31(36)24-9-10-26-25(20-24)19-22(3)42-26)32(37)33(38)35(30)13-12-34-14-17-39-18-15-34/h8-11,20-22,30,36H,4-7,12-19H2,1-3H3/b31-29+/t22-,30-/m1/s1. The molecule has 9 nitrogen and oxygen atoms in total. The van der Waals surface area contributed by atoms with Crippen molar-refractivity contribution in [3.8, 4) is 17.2 Å². The first-order valence-electron chi connectivity index (χ1n) is 15.2. The number of aliphatic hydroxyl groups excluding tert-OH is 1. The van der Waals surface area contributed by atoms with Crippen LogP contribution in [0, 0.1) is 0 Å². The number of fused-ring (bicyclic) bond motifs is 1. The summed E-state index contributed by atoms with van der Waals surface area (Å²) in [5, 5.41) is 11.6. The number of carbonyl (C=O) groups is 2. The lowest BCUT2D eigenvalue weighted by molar-refractivity contribution is -0.140. The van der Waals surface area contributed by atoms with Crippen molar-refractivity contribution in [3.63, 3.8) is 0 Å². The maximum Gasteiger partial charge on any atom is 0.295 e. The van der Waals surface area contributed by atoms with E-state index < -0.39 is 17.7 Å². The van der Waals surface area contributed by atoms with Gasteiger partial charge in [0.1, 0.15) is 17.6 Å². The number of nitrogens with zero attached hydrogens (tertiary/aromatic N) is 2. The summed E-state index contributed by atoms with van der Waals surface area (Å²) in [6.07, 6.45) is 3.87. The van der Waals surface area contributed by atoms with E-state index in [4.69, 9.17) is 18.9 Å². The van der Waals surface area contributed by atoms with Gasteiger partial charge in [0.15, 0.2) is 11.5 Å². The largest absolute Gasteiger partial charge is 0.507 e. The Morgan fingerprint density at radius 1 is 1.00 bits per heavy atom. The van der Waals surface area contributed by atoms with Gasteiger partial charge in [0, 0.05) is 38.2 Å². The number of Topliss-reactive ketones (excluding diaryl/α,β-unsaturated/α-hetero) is 1. The summed E-state index contributed by atoms with van der Waals surface area (Å²) in [6, 6.07) is 10.2. The van der Waals surface area contributed by atoms with Crippen molar-refractivity contribution in [1.82, 2.24) is 9.80 Å². The summed E-state index contributed by atoms with van der Waals surface area (Å²) in [5.74, 6) is 0.446. The van der Waals surface area contributed by atoms with Crippen molar-refractivity contribution < 1.29 is 33.6 Å². The third kappa shape index (κ3) is 6.42. The van der Waals surface area contributed by atoms with Gasteiger partial charge in [-0.2, -0.15) is 0 Å². The minimum atomic E-state index is -0.775. The number of carbonyl (C=O) groups excluding carboxylic acids is 2. The molecule has 1 N–H and O–H groups in total. The molecule has 42 heavy (non-hydrogen) atoms. The molecule has 0 spiro atoms. The molecule has 0 saturated carbocycles. The van der Waals surface area contributed by atoms with E-state index in [1.807, 2.05) is 44.2 Å². The van der Waals surface area contributed by atoms with Crippen LogP contribution in [0.25, 0.3) is 5.76 Å². The van der Waals surface area contributed by atoms with Crippen LogP contribution in [0.3, 0.4) is 0 Å². The van der Waals surface area contributed by atoms with E-state index in [-0.39, 0.29) is 17.4 Å². The van der Waals surface area contributed by atoms with E-state index in [0.717, 1.165) is 43.7 Å². The highest BCUT2D eigenvalue weighted by Crippen LogP contribution is 2.43. The van der Waals surface area contributed by atoms with Crippen molar-refractivity contribution in [2.24, 2.45) is 0 Å². The molecule has 9 heteroatoms. The SMILES string of the molecule is CCCCCOc1ccc([C@@H]2/C(=C(\O)c3ccc4c(c3)C[C@@H](C)O4)C(=O)C(=O)N2CCN2CCOCC2)cc1OCC. The van der Waals surface area contributed by atoms with Crippen LogP contribution in [0.1, 0.15) is 62.8 Å². The zero-order valence-corrected chi connectivity index (χ0v) is 24.9. The van der Waals surface area contributed by atoms with Gasteiger partial charge in [0.25, 0.3) is 11.7 Å². The van der Waals surface area contributed by atoms with Gasteiger partial charge < -0.3 is 29.0 Å². The first-order valence-corrected chi connectivity index (χ1v) is 15.2. The lowest BCUT2D eigenvalue weighted by Crippen LogP contribution is -2.42. The van der Waals surface area contributed by atoms with Gasteiger partial charge >= 0.3 is 0 Å². The summed E-state index contributed by atoms with van der Waals surface area (Å²) < 4.78 is 23.3. The number of aliphatic hydroxyl groups is 1. The predicted molar refractivity (Wildman–Crippen MR) is 159 cm³/mol. The molecule has 226 valence electrons. The monoisotopic (exact) mass is 578 g/mol. The van der Waals surface area contributed by atoms with Gasteiger partial charge in [-0.25, -0.2) is 0 Å². The number of benzene rings is 2. The molecule has 2 aromatic carbocycles. The summed E-state index contributed by atoms with van der Waals surface area (Å²) in [6.45, 7) is 10.8. The van der Waals surface area contributed by atoms with Crippen molar-refractivity contribution in [3.05, 3.63) is 58.7 Å². The fourth-order valence-corrected chi connectivity index (χ4v) is 5.87. The summed E-state index contributed by atoms with van der Waals surface area (Å²) in [5.41, 5.74) is 2.21. The highest BCUT2D eigenvalue weighted by atomic mass is 16.5. The molecule has 2 aromatic rings. The quantitative estimate of drug-likeness (QED) is 0.167. The van der Waals surface area contributed by atoms with Crippen molar-refractivity contribution >= 4 is 17.4 Å². The minimum absolute atomic E-state index is 0.0443. The van der Waals surface area contributed by atoms with E-state index in [2.05, 4.69) is 11.8 Å². The first-order chi connectivity index (χ1) is 20.4. The number of amides is 1. The van der Waals surface area contributed by atoms with E-state index >= 15 is 0 Å². The molecule has 3 aliphatic heterocycles. The first kappa shape index (κ1) is 29.9. The molecule has 2 atom stereocenters. The number of unbranched alkanes of at least 4 members (excludes halogenated alkanes) is 2. The van der Waals surface area contributed by atoms with Crippen LogP contribution in [-0.2, 0) is 20.7 Å². The topological polar surface area (TPSA) is 97.8 Å². The maximum absolute atomic E-state index is 13.6. The molecule has 5 rings (SSSR count). The molecule has 0 radical (unpaired) electrons. The van der Waals surface area contributed by atoms with Crippen LogP contribution < -0.4 is 14.2 Å². The molecule has 0 bridgehead atoms. The van der Waals surface area contributed by atoms with Crippen molar-refractivity contribution in [1.29, 1.82) is 0 Å². The average molecular weight is 579 g/mol. The second kappa shape index (κ2) is 13.6. The summed E-state index contributed by atoms with van der Waals surface area (Å²) >= 11 is 0. The van der Waals surface area contributed by atoms with Crippen LogP contribution in [0.2, 0.25) is 0 Å². The number of hydrogen-bond donors (Lipinski definition) is 1. The number of ether oxygens (including phenoxy) is 4. The van der Waals surface area contributed by atoms with Crippen LogP contribution >= 0.6 is 0 Å². The Bertz CT molecular complexity index is 1320. The Hall–Kier alpha value is -3.56. The predicted octanol–water partition coefficient (Wildman–Crippen LogP) is 4.73. The lowest BCUT2D eigenvalue weighted by atomic mass is 9.94. The minimum Gasteiger partial charge on any atom is -0.507 e. The molecule has 0 aliphatic carbocycles. The van der Waals surface area contributed by atoms with Gasteiger partial charge in [0.2, 0.25) is 0 Å². The third-order valence-electron chi connectivity index (χ3n) is 8.06. The van der Waals surface area contributed by atoms with Crippen LogP contribution in [0.5, 0.6) is 17.2 Å². The smallest absolute Gasteiger partial charge is 0.295 e. The van der Waals surface area contributed by atoms with E-state index in [0.29, 0.717) is 68.6 Å². The van der Waals surface area contributed by atoms with Crippen molar-refractivity contribution in [2.75, 3.05) is 52.6 Å². The number of likely N-dealkylation sites (tertiary alicyclic amines) is 1. The van der Waals surface area contributed by atoms with Crippen molar-refractivity contribution in [2.45, 2.75) is 58.6 Å². The number of hydrogen-bond acceptors (Lipinski definition) is 8. The van der Waals surface area contributed by atoms with E-state index in [9.17, 15) is 14.7 Å². The molecular weight excluding hydrogens is 536 g/mol. The number of ketones is 1. The Morgan fingerprint density at radius 3 is 2.57 bits per heavy atom. The van der Waals surface area contributed by atoms with Crippen LogP contribution in [-0.4, -0.2) is 85.3 Å². The Balaban J connectivity index is 1.53. The summed E-state index contributed by atoms with van der Waals surface area (Å²) in [4.78, 5) is 30.9. The number of morpholine rings is 1. The van der Waals surface area contributed by atoms with Gasteiger partial charge in [-0.05, 0) is 61.7 Å². The van der Waals surface area contributed by atoms with Gasteiger partial charge in [0.05, 0.1) is 38.0 Å². The molecular formula is C33H42N2O7. The fourth-order valence-electron chi connectivity index (χ4n) is 5.87. The second-order valence-electron chi connectivity index (χ2n) is 11.1. The third-order valence-corrected chi connectivity index (χ3v) is 8.06. The average Bonchev–Trinajstić information content (AvgIpc) is 3.50. The zero-order chi connectivity index (χ0) is 29.6. The highest BCUT2D eigenvalue weighted by Gasteiger charge is 2.46. The molecule has 0 unspecified atom stereocenters. The Kier molecular flexibility index (Phi) is 9.69. The van der Waals surface area contributed by atoms with Crippen LogP contribution in [0.15, 0.2) is 42.0 Å². The van der Waals surface area contributed by atoms with Crippen LogP contribution in [0.4, 0.5) is 0 Å². The normalized spacial score (nSPS) is 21.8. The molecule has 3 heterocycles. The fraction of sp³-hybridized carbons (Fsp3) is 0.515. The highest BCUT2D eigenvalue weighted by molar-refractivity contribution is 6.46. The number of rotatable bonds is 12. The van der Waals surface area contributed by atoms with Gasteiger partial charge in [-0.3, -0.25) is 14.5 Å². The Morgan fingerprint density at radius 2 is 1.81 bits per heavy atom. The molecule has 2 fully saturated rings. The molecule has 0 aromatic heterocycles. The molecule has 2 saturated heterocycles. The van der Waals surface area contributed by atoms with E-state index in [1.165, 1.54) is 0 Å². The second-order valence-corrected chi connectivity index (χ2v) is 11.1. The zero-order valence-electron chi connectivity index (χ0n) is 24.9. The maximum atomic E-state index is 13.6. The van der Waals surface area contributed by atoms with Gasteiger partial charge in [-0.1, -0.05) is 25.8 Å². The molecule has 3 aliphatic rings. The van der Waals surface area contributed by atoms with Gasteiger partial charge in [-0.15, -0.1) is 0 Å². The van der Waals surface area contributed by atoms with E-state index in [1.54, 1.807) is 11.0 Å². The Labute approximate surface area is 248 Å². The lowest BCUT2D eigenvalue weighted by Gasteiger charge is -2.31. The summed E-state index contributed by atoms with van der Waals surface area (Å²) in [7, 11) is 0.